The number of carbonyl (C=O) groups excluding carboxylic acids is 1. The Labute approximate surface area is 108 Å². The number of ether oxygens (including phenoxy) is 1. The molecule has 0 aliphatic heterocycles. The lowest BCUT2D eigenvalue weighted by Crippen LogP contribution is -2.39. The first-order chi connectivity index (χ1) is 8.92. The first-order valence-electron chi connectivity index (χ1n) is 5.44. The zero-order valence-corrected chi connectivity index (χ0v) is 10.3. The van der Waals surface area contributed by atoms with Crippen LogP contribution in [0, 0.1) is 0 Å². The number of hydrogen-bond acceptors (Lipinski definition) is 4. The fourth-order valence-electron chi connectivity index (χ4n) is 1.31. The summed E-state index contributed by atoms with van der Waals surface area (Å²) in [5.74, 6) is -0.314. The van der Waals surface area contributed by atoms with Gasteiger partial charge in [-0.05, 0) is 6.07 Å². The number of nitrogens with zero attached hydrogens (tertiary/aromatic N) is 1. The highest BCUT2D eigenvalue weighted by Gasteiger charge is 2.27. The van der Waals surface area contributed by atoms with Gasteiger partial charge in [-0.2, -0.15) is 13.2 Å². The number of hydrogen-bond donors (Lipinski definition) is 2. The molecule has 0 aliphatic rings. The van der Waals surface area contributed by atoms with Gasteiger partial charge >= 0.3 is 6.18 Å². The molecule has 0 bridgehead atoms. The minimum atomic E-state index is -4.40. The molecular formula is C11H14F3N3O2. The molecule has 1 amide bonds. The molecule has 19 heavy (non-hydrogen) atoms. The van der Waals surface area contributed by atoms with Crippen LogP contribution < -0.4 is 15.4 Å². The molecule has 0 saturated carbocycles. The Kier molecular flexibility index (Phi) is 5.56. The van der Waals surface area contributed by atoms with E-state index in [0.717, 1.165) is 0 Å². The number of methoxy groups -OCH3 is 1. The molecule has 1 aromatic rings. The predicted octanol–water partition coefficient (Wildman–Crippen LogP) is 0.858. The second kappa shape index (κ2) is 6.93. The average Bonchev–Trinajstić information content (AvgIpc) is 2.36. The topological polar surface area (TPSA) is 63.2 Å². The van der Waals surface area contributed by atoms with Crippen LogP contribution in [-0.2, 0) is 11.3 Å². The highest BCUT2D eigenvalue weighted by Crippen LogP contribution is 2.13. The van der Waals surface area contributed by atoms with Crippen LogP contribution in [0.25, 0.3) is 0 Å². The molecular weight excluding hydrogens is 263 g/mol. The Morgan fingerprint density at radius 2 is 2.21 bits per heavy atom. The molecule has 0 atom stereocenters. The molecule has 106 valence electrons. The van der Waals surface area contributed by atoms with Gasteiger partial charge in [0.15, 0.2) is 0 Å². The van der Waals surface area contributed by atoms with Crippen molar-refractivity contribution in [1.29, 1.82) is 0 Å². The van der Waals surface area contributed by atoms with E-state index in [1.807, 2.05) is 0 Å². The molecule has 5 nitrogen and oxygen atoms in total. The van der Waals surface area contributed by atoms with Crippen molar-refractivity contribution in [3.05, 3.63) is 23.9 Å². The van der Waals surface area contributed by atoms with Gasteiger partial charge in [0.1, 0.15) is 6.54 Å². The van der Waals surface area contributed by atoms with Crippen LogP contribution >= 0.6 is 0 Å². The first-order valence-corrected chi connectivity index (χ1v) is 5.44. The van der Waals surface area contributed by atoms with E-state index in [9.17, 15) is 18.0 Å². The van der Waals surface area contributed by atoms with Crippen molar-refractivity contribution >= 4 is 5.91 Å². The second-order valence-corrected chi connectivity index (χ2v) is 3.67. The number of nitrogens with one attached hydrogen (secondary N) is 2. The van der Waals surface area contributed by atoms with Gasteiger partial charge in [-0.25, -0.2) is 4.98 Å². The summed E-state index contributed by atoms with van der Waals surface area (Å²) in [4.78, 5) is 15.1. The number of pyridine rings is 1. The van der Waals surface area contributed by atoms with Crippen LogP contribution in [0.3, 0.4) is 0 Å². The number of aromatic nitrogens is 1. The van der Waals surface area contributed by atoms with Crippen molar-refractivity contribution in [2.75, 3.05) is 20.2 Å². The van der Waals surface area contributed by atoms with Crippen LogP contribution in [0.4, 0.5) is 13.2 Å². The van der Waals surface area contributed by atoms with E-state index >= 15 is 0 Å². The second-order valence-electron chi connectivity index (χ2n) is 3.67. The average molecular weight is 277 g/mol. The molecule has 1 heterocycles. The van der Waals surface area contributed by atoms with Gasteiger partial charge in [0.05, 0.1) is 13.7 Å². The molecule has 0 spiro atoms. The fourth-order valence-corrected chi connectivity index (χ4v) is 1.31. The van der Waals surface area contributed by atoms with Gasteiger partial charge in [0.25, 0.3) is 0 Å². The van der Waals surface area contributed by atoms with E-state index < -0.39 is 18.6 Å². The van der Waals surface area contributed by atoms with Gasteiger partial charge in [-0.3, -0.25) is 4.79 Å². The third-order valence-corrected chi connectivity index (χ3v) is 2.13. The predicted molar refractivity (Wildman–Crippen MR) is 61.6 cm³/mol. The molecule has 1 rings (SSSR count). The summed E-state index contributed by atoms with van der Waals surface area (Å²) in [5.41, 5.74) is 0.716. The van der Waals surface area contributed by atoms with Crippen molar-refractivity contribution in [1.82, 2.24) is 15.6 Å². The lowest BCUT2D eigenvalue weighted by molar-refractivity contribution is -0.137. The Hall–Kier alpha value is -1.83. The number of halogens is 3. The van der Waals surface area contributed by atoms with E-state index in [1.54, 1.807) is 23.6 Å². The maximum Gasteiger partial charge on any atom is 0.405 e. The van der Waals surface area contributed by atoms with Crippen molar-refractivity contribution in [2.24, 2.45) is 0 Å². The first kappa shape index (κ1) is 15.2. The largest absolute Gasteiger partial charge is 0.481 e. The number of alkyl halides is 3. The zero-order chi connectivity index (χ0) is 14.3. The third kappa shape index (κ3) is 6.05. The molecule has 1 aromatic heterocycles. The summed E-state index contributed by atoms with van der Waals surface area (Å²) in [5, 5.41) is 4.48. The minimum Gasteiger partial charge on any atom is -0.481 e. The monoisotopic (exact) mass is 277 g/mol. The van der Waals surface area contributed by atoms with Gasteiger partial charge < -0.3 is 15.4 Å². The van der Waals surface area contributed by atoms with E-state index in [2.05, 4.69) is 10.3 Å². The molecule has 0 fully saturated rings. The lowest BCUT2D eigenvalue weighted by atomic mass is 10.2. The van der Waals surface area contributed by atoms with E-state index in [-0.39, 0.29) is 13.1 Å². The molecule has 0 aliphatic carbocycles. The maximum absolute atomic E-state index is 11.8. The van der Waals surface area contributed by atoms with Crippen molar-refractivity contribution in [3.8, 4) is 5.88 Å². The Morgan fingerprint density at radius 1 is 1.47 bits per heavy atom. The van der Waals surface area contributed by atoms with Crippen LogP contribution in [0.1, 0.15) is 5.56 Å². The minimum absolute atomic E-state index is 0.214. The summed E-state index contributed by atoms with van der Waals surface area (Å²) >= 11 is 0. The standard InChI is InChI=1S/C11H14F3N3O2/c1-19-10-8(3-2-4-16-10)5-15-6-9(18)17-7-11(12,13)14/h2-4,15H,5-7H2,1H3,(H,17,18). The Morgan fingerprint density at radius 3 is 2.84 bits per heavy atom. The van der Waals surface area contributed by atoms with Gasteiger partial charge in [0, 0.05) is 18.3 Å². The number of carbonyl (C=O) groups is 1. The maximum atomic E-state index is 11.8. The summed E-state index contributed by atoms with van der Waals surface area (Å²) in [6, 6.07) is 3.44. The molecule has 2 N–H and O–H groups in total. The smallest absolute Gasteiger partial charge is 0.405 e. The summed E-state index contributed by atoms with van der Waals surface area (Å²) in [6.07, 6.45) is -2.85. The molecule has 0 aromatic carbocycles. The molecule has 0 saturated heterocycles. The fraction of sp³-hybridized carbons (Fsp3) is 0.455. The number of rotatable bonds is 6. The van der Waals surface area contributed by atoms with Crippen LogP contribution in [0.5, 0.6) is 5.88 Å². The molecule has 0 unspecified atom stereocenters. The Bertz CT molecular complexity index is 424. The summed E-state index contributed by atoms with van der Waals surface area (Å²) in [7, 11) is 1.46. The molecule has 8 heteroatoms. The Balaban J connectivity index is 2.32. The van der Waals surface area contributed by atoms with Crippen molar-refractivity contribution < 1.29 is 22.7 Å². The zero-order valence-electron chi connectivity index (χ0n) is 10.3. The van der Waals surface area contributed by atoms with Gasteiger partial charge in [-0.15, -0.1) is 0 Å². The molecule has 0 radical (unpaired) electrons. The highest BCUT2D eigenvalue weighted by atomic mass is 19.4. The third-order valence-electron chi connectivity index (χ3n) is 2.13. The summed E-state index contributed by atoms with van der Waals surface area (Å²) in [6.45, 7) is -1.27. The summed E-state index contributed by atoms with van der Waals surface area (Å²) < 4.78 is 40.5. The van der Waals surface area contributed by atoms with E-state index in [4.69, 9.17) is 4.74 Å². The van der Waals surface area contributed by atoms with Crippen LogP contribution in [0.15, 0.2) is 18.3 Å². The van der Waals surface area contributed by atoms with Crippen molar-refractivity contribution in [3.63, 3.8) is 0 Å². The van der Waals surface area contributed by atoms with Crippen LogP contribution in [-0.4, -0.2) is 37.3 Å². The van der Waals surface area contributed by atoms with Crippen LogP contribution in [0.2, 0.25) is 0 Å². The lowest BCUT2D eigenvalue weighted by Gasteiger charge is -2.10. The van der Waals surface area contributed by atoms with Crippen molar-refractivity contribution in [2.45, 2.75) is 12.7 Å². The van der Waals surface area contributed by atoms with E-state index in [0.29, 0.717) is 11.4 Å². The highest BCUT2D eigenvalue weighted by molar-refractivity contribution is 5.78. The quantitative estimate of drug-likeness (QED) is 0.809. The van der Waals surface area contributed by atoms with Gasteiger partial charge in [-0.1, -0.05) is 6.07 Å². The number of amides is 1. The normalized spacial score (nSPS) is 11.2. The van der Waals surface area contributed by atoms with Gasteiger partial charge in [0.2, 0.25) is 11.8 Å². The van der Waals surface area contributed by atoms with E-state index in [1.165, 1.54) is 7.11 Å². The SMILES string of the molecule is COc1ncccc1CNCC(=O)NCC(F)(F)F.